The summed E-state index contributed by atoms with van der Waals surface area (Å²) in [5, 5.41) is 0.846. The molecular weight excluding hydrogens is 365 g/mol. The van der Waals surface area contributed by atoms with Crippen molar-refractivity contribution in [3.8, 4) is 11.1 Å². The van der Waals surface area contributed by atoms with Crippen LogP contribution in [0.3, 0.4) is 0 Å². The van der Waals surface area contributed by atoms with Crippen LogP contribution in [-0.2, 0) is 0 Å². The van der Waals surface area contributed by atoms with Crippen molar-refractivity contribution < 1.29 is 9.18 Å². The molecule has 2 aromatic carbocycles. The van der Waals surface area contributed by atoms with E-state index in [4.69, 9.17) is 4.98 Å². The average molecular weight is 391 g/mol. The third-order valence-corrected chi connectivity index (χ3v) is 5.55. The highest BCUT2D eigenvalue weighted by Crippen LogP contribution is 2.30. The summed E-state index contributed by atoms with van der Waals surface area (Å²) in [5.74, 6) is -0.205. The fraction of sp³-hybridized carbons (Fsp3) is 0.333. The number of para-hydroxylation sites is 1. The number of hydrogen-bond donors (Lipinski definition) is 0. The van der Waals surface area contributed by atoms with Crippen molar-refractivity contribution in [3.63, 3.8) is 0 Å². The number of aromatic nitrogens is 1. The Morgan fingerprint density at radius 2 is 1.79 bits per heavy atom. The predicted octanol–water partition coefficient (Wildman–Crippen LogP) is 4.52. The molecule has 1 aliphatic heterocycles. The quantitative estimate of drug-likeness (QED) is 0.656. The number of aryl methyl sites for hydroxylation is 1. The summed E-state index contributed by atoms with van der Waals surface area (Å²) in [7, 11) is 0. The molecule has 1 aromatic heterocycles. The molecule has 4 nitrogen and oxygen atoms in total. The number of pyridine rings is 1. The molecule has 0 aliphatic carbocycles. The zero-order valence-corrected chi connectivity index (χ0v) is 17.0. The maximum absolute atomic E-state index is 13.4. The van der Waals surface area contributed by atoms with Crippen LogP contribution in [0, 0.1) is 12.7 Å². The van der Waals surface area contributed by atoms with Crippen molar-refractivity contribution in [1.29, 1.82) is 0 Å². The van der Waals surface area contributed by atoms with E-state index in [0.29, 0.717) is 5.56 Å². The van der Waals surface area contributed by atoms with E-state index in [-0.39, 0.29) is 11.7 Å². The summed E-state index contributed by atoms with van der Waals surface area (Å²) in [4.78, 5) is 22.4. The van der Waals surface area contributed by atoms with Gasteiger partial charge in [-0.3, -0.25) is 14.7 Å². The lowest BCUT2D eigenvalue weighted by Crippen LogP contribution is -2.48. The van der Waals surface area contributed by atoms with E-state index in [9.17, 15) is 9.18 Å². The van der Waals surface area contributed by atoms with E-state index in [2.05, 4.69) is 11.8 Å². The normalized spacial score (nSPS) is 15.1. The molecule has 1 saturated heterocycles. The number of benzene rings is 2. The van der Waals surface area contributed by atoms with Crippen LogP contribution >= 0.6 is 0 Å². The summed E-state index contributed by atoms with van der Waals surface area (Å²) in [5.41, 5.74) is 4.09. The monoisotopic (exact) mass is 391 g/mol. The highest BCUT2D eigenvalue weighted by molar-refractivity contribution is 6.09. The molecule has 1 amide bonds. The van der Waals surface area contributed by atoms with Gasteiger partial charge in [-0.25, -0.2) is 4.39 Å². The predicted molar refractivity (Wildman–Crippen MR) is 115 cm³/mol. The molecule has 0 unspecified atom stereocenters. The molecule has 0 N–H and O–H groups in total. The number of rotatable bonds is 4. The van der Waals surface area contributed by atoms with E-state index in [1.54, 1.807) is 12.1 Å². The SMILES string of the molecule is CCCN1CCN(C(=O)c2cc(C)nc3c(-c4ccc(F)cc4)cccc23)CC1. The largest absolute Gasteiger partial charge is 0.336 e. The summed E-state index contributed by atoms with van der Waals surface area (Å²) in [6, 6.07) is 14.2. The molecule has 4 rings (SSSR count). The van der Waals surface area contributed by atoms with E-state index < -0.39 is 0 Å². The van der Waals surface area contributed by atoms with Crippen molar-refractivity contribution in [3.05, 3.63) is 65.6 Å². The molecule has 29 heavy (non-hydrogen) atoms. The topological polar surface area (TPSA) is 36.4 Å². The van der Waals surface area contributed by atoms with Crippen molar-refractivity contribution in [2.75, 3.05) is 32.7 Å². The molecule has 3 aromatic rings. The van der Waals surface area contributed by atoms with Gasteiger partial charge in [-0.15, -0.1) is 0 Å². The van der Waals surface area contributed by atoms with Gasteiger partial charge in [-0.2, -0.15) is 0 Å². The van der Waals surface area contributed by atoms with E-state index in [1.807, 2.05) is 36.1 Å². The van der Waals surface area contributed by atoms with Crippen molar-refractivity contribution in [1.82, 2.24) is 14.8 Å². The van der Waals surface area contributed by atoms with Gasteiger partial charge in [-0.1, -0.05) is 37.3 Å². The highest BCUT2D eigenvalue weighted by Gasteiger charge is 2.24. The molecule has 1 fully saturated rings. The smallest absolute Gasteiger partial charge is 0.254 e. The first-order valence-electron chi connectivity index (χ1n) is 10.2. The van der Waals surface area contributed by atoms with E-state index in [0.717, 1.165) is 66.9 Å². The lowest BCUT2D eigenvalue weighted by molar-refractivity contribution is 0.0639. The maximum atomic E-state index is 13.4. The lowest BCUT2D eigenvalue weighted by Gasteiger charge is -2.34. The van der Waals surface area contributed by atoms with Crippen molar-refractivity contribution in [2.24, 2.45) is 0 Å². The summed E-state index contributed by atoms with van der Waals surface area (Å²) < 4.78 is 13.4. The number of hydrogen-bond acceptors (Lipinski definition) is 3. The number of carbonyl (C=O) groups is 1. The number of amides is 1. The van der Waals surface area contributed by atoms with Crippen LogP contribution in [0.4, 0.5) is 4.39 Å². The van der Waals surface area contributed by atoms with Gasteiger partial charge in [-0.05, 0) is 43.7 Å². The first kappa shape index (κ1) is 19.5. The summed E-state index contributed by atoms with van der Waals surface area (Å²) in [6.07, 6.45) is 1.13. The Bertz CT molecular complexity index is 1020. The average Bonchev–Trinajstić information content (AvgIpc) is 2.74. The van der Waals surface area contributed by atoms with Crippen LogP contribution in [0.2, 0.25) is 0 Å². The fourth-order valence-corrected chi connectivity index (χ4v) is 4.08. The molecule has 2 heterocycles. The molecule has 1 aliphatic rings. The Labute approximate surface area is 171 Å². The Hall–Kier alpha value is -2.79. The summed E-state index contributed by atoms with van der Waals surface area (Å²) >= 11 is 0. The minimum atomic E-state index is -0.267. The lowest BCUT2D eigenvalue weighted by atomic mass is 9.98. The number of carbonyl (C=O) groups excluding carboxylic acids is 1. The molecule has 0 spiro atoms. The third-order valence-electron chi connectivity index (χ3n) is 5.55. The molecule has 0 saturated carbocycles. The molecule has 5 heteroatoms. The van der Waals surface area contributed by atoms with Gasteiger partial charge < -0.3 is 4.90 Å². The second-order valence-corrected chi connectivity index (χ2v) is 7.65. The molecule has 0 atom stereocenters. The first-order chi connectivity index (χ1) is 14.1. The Kier molecular flexibility index (Phi) is 5.58. The van der Waals surface area contributed by atoms with Gasteiger partial charge in [0.05, 0.1) is 11.1 Å². The van der Waals surface area contributed by atoms with Crippen LogP contribution in [0.1, 0.15) is 29.4 Å². The van der Waals surface area contributed by atoms with Crippen molar-refractivity contribution >= 4 is 16.8 Å². The van der Waals surface area contributed by atoms with Gasteiger partial charge in [0.15, 0.2) is 0 Å². The fourth-order valence-electron chi connectivity index (χ4n) is 4.08. The third kappa shape index (κ3) is 4.01. The molecule has 150 valence electrons. The van der Waals surface area contributed by atoms with Crippen molar-refractivity contribution in [2.45, 2.75) is 20.3 Å². The van der Waals surface area contributed by atoms with E-state index >= 15 is 0 Å². The number of fused-ring (bicyclic) bond motifs is 1. The van der Waals surface area contributed by atoms with Crippen LogP contribution in [0.15, 0.2) is 48.5 Å². The number of halogens is 1. The second kappa shape index (κ2) is 8.29. The van der Waals surface area contributed by atoms with Gasteiger partial charge in [0.25, 0.3) is 5.91 Å². The zero-order valence-electron chi connectivity index (χ0n) is 17.0. The number of nitrogens with zero attached hydrogens (tertiary/aromatic N) is 3. The van der Waals surface area contributed by atoms with Gasteiger partial charge in [0.1, 0.15) is 5.82 Å². The molecular formula is C24H26FN3O. The Morgan fingerprint density at radius 3 is 2.48 bits per heavy atom. The second-order valence-electron chi connectivity index (χ2n) is 7.65. The van der Waals surface area contributed by atoms with Gasteiger partial charge >= 0.3 is 0 Å². The first-order valence-corrected chi connectivity index (χ1v) is 10.2. The standard InChI is InChI=1S/C24H26FN3O/c1-3-11-27-12-14-28(15-13-27)24(29)22-16-17(2)26-23-20(5-4-6-21(22)23)18-7-9-19(25)10-8-18/h4-10,16H,3,11-15H2,1-2H3. The zero-order chi connectivity index (χ0) is 20.4. The van der Waals surface area contributed by atoms with E-state index in [1.165, 1.54) is 12.1 Å². The van der Waals surface area contributed by atoms with Crippen LogP contribution in [0.25, 0.3) is 22.0 Å². The highest BCUT2D eigenvalue weighted by atomic mass is 19.1. The van der Waals surface area contributed by atoms with Gasteiger partial charge in [0, 0.05) is 42.8 Å². The Morgan fingerprint density at radius 1 is 1.07 bits per heavy atom. The van der Waals surface area contributed by atoms with Gasteiger partial charge in [0.2, 0.25) is 0 Å². The van der Waals surface area contributed by atoms with Crippen LogP contribution < -0.4 is 0 Å². The molecule has 0 bridgehead atoms. The van der Waals surface area contributed by atoms with Crippen LogP contribution in [-0.4, -0.2) is 53.4 Å². The Balaban J connectivity index is 1.71. The van der Waals surface area contributed by atoms with Crippen LogP contribution in [0.5, 0.6) is 0 Å². The minimum Gasteiger partial charge on any atom is -0.336 e. The number of piperazine rings is 1. The molecule has 0 radical (unpaired) electrons. The minimum absolute atomic E-state index is 0.0629. The maximum Gasteiger partial charge on any atom is 0.254 e. The summed E-state index contributed by atoms with van der Waals surface area (Å²) in [6.45, 7) is 8.52.